The Hall–Kier alpha value is -1.16. The minimum atomic E-state index is 0.229. The molecule has 0 saturated heterocycles. The average Bonchev–Trinajstić information content (AvgIpc) is 2.59. The number of oxime groups is 1. The molecule has 1 radical (unpaired) electrons. The number of thiophene rings is 1. The summed E-state index contributed by atoms with van der Waals surface area (Å²) >= 11 is 1.43. The van der Waals surface area contributed by atoms with Crippen molar-refractivity contribution in [2.24, 2.45) is 5.16 Å². The lowest BCUT2D eigenvalue weighted by molar-refractivity contribution is 0.159. The van der Waals surface area contributed by atoms with Crippen LogP contribution in [0.4, 0.5) is 0 Å². The molecular weight excluding hydrogens is 174 g/mol. The highest BCUT2D eigenvalue weighted by atomic mass is 32.1. The molecule has 0 fully saturated rings. The normalized spacial score (nSPS) is 11.2. The lowest BCUT2D eigenvalue weighted by Crippen LogP contribution is -2.00. The number of rotatable bonds is 4. The third-order valence-electron chi connectivity index (χ3n) is 1.14. The maximum absolute atomic E-state index is 10.4. The van der Waals surface area contributed by atoms with Gasteiger partial charge in [0, 0.05) is 0 Å². The zero-order chi connectivity index (χ0) is 8.81. The van der Waals surface area contributed by atoms with Gasteiger partial charge in [0.05, 0.1) is 4.88 Å². The van der Waals surface area contributed by atoms with E-state index in [-0.39, 0.29) is 5.71 Å². The maximum Gasteiger partial charge on any atom is 0.258 e. The Morgan fingerprint density at radius 2 is 2.67 bits per heavy atom. The first-order valence-corrected chi connectivity index (χ1v) is 4.38. The molecule has 0 unspecified atom stereocenters. The molecule has 0 amide bonds. The summed E-state index contributed by atoms with van der Waals surface area (Å²) in [6.07, 6.45) is 1.72. The van der Waals surface area contributed by atoms with Crippen LogP contribution in [0.2, 0.25) is 0 Å². The van der Waals surface area contributed by atoms with E-state index in [0.29, 0.717) is 6.61 Å². The summed E-state index contributed by atoms with van der Waals surface area (Å²) in [7, 11) is 0. The first-order chi connectivity index (χ1) is 5.88. The van der Waals surface area contributed by atoms with Gasteiger partial charge >= 0.3 is 0 Å². The topological polar surface area (TPSA) is 38.7 Å². The molecule has 4 heteroatoms. The van der Waals surface area contributed by atoms with Crippen LogP contribution in [0.15, 0.2) is 22.7 Å². The van der Waals surface area contributed by atoms with Crippen LogP contribution in [0.1, 0.15) is 11.8 Å². The molecule has 1 heterocycles. The lowest BCUT2D eigenvalue weighted by atomic mass is 10.3. The molecule has 63 valence electrons. The number of nitrogens with zero attached hydrogens (tertiary/aromatic N) is 1. The van der Waals surface area contributed by atoms with Crippen LogP contribution in [-0.4, -0.2) is 18.6 Å². The van der Waals surface area contributed by atoms with Gasteiger partial charge in [-0.15, -0.1) is 11.3 Å². The van der Waals surface area contributed by atoms with Crippen LogP contribution in [0.25, 0.3) is 0 Å². The van der Waals surface area contributed by atoms with Crippen LogP contribution >= 0.6 is 11.3 Å². The second-order valence-electron chi connectivity index (χ2n) is 1.94. The highest BCUT2D eigenvalue weighted by molar-refractivity contribution is 7.12. The Balaban J connectivity index is 2.76. The molecule has 1 aromatic heterocycles. The Kier molecular flexibility index (Phi) is 3.47. The Labute approximate surface area is 74.7 Å². The number of carbonyl (C=O) groups excluding carboxylic acids is 1. The van der Waals surface area contributed by atoms with E-state index in [1.807, 2.05) is 11.4 Å². The Morgan fingerprint density at radius 1 is 1.83 bits per heavy atom. The molecule has 0 aliphatic carbocycles. The van der Waals surface area contributed by atoms with Gasteiger partial charge in [-0.05, 0) is 18.4 Å². The second kappa shape index (κ2) is 4.66. The minimum Gasteiger partial charge on any atom is -0.395 e. The molecule has 0 aliphatic heterocycles. The highest BCUT2D eigenvalue weighted by Gasteiger charge is 2.03. The molecular formula is C8H8NO2S. The summed E-state index contributed by atoms with van der Waals surface area (Å²) < 4.78 is 0. The van der Waals surface area contributed by atoms with E-state index in [9.17, 15) is 4.79 Å². The molecule has 12 heavy (non-hydrogen) atoms. The van der Waals surface area contributed by atoms with E-state index in [1.165, 1.54) is 11.3 Å². The lowest BCUT2D eigenvalue weighted by Gasteiger charge is -1.93. The third kappa shape index (κ3) is 2.17. The van der Waals surface area contributed by atoms with Crippen molar-refractivity contribution in [3.8, 4) is 0 Å². The first-order valence-electron chi connectivity index (χ1n) is 3.50. The van der Waals surface area contributed by atoms with E-state index in [4.69, 9.17) is 4.84 Å². The van der Waals surface area contributed by atoms with Crippen LogP contribution in [0, 0.1) is 0 Å². The summed E-state index contributed by atoms with van der Waals surface area (Å²) in [6, 6.07) is 3.65. The molecule has 0 aliphatic rings. The van der Waals surface area contributed by atoms with Gasteiger partial charge in [-0.25, -0.2) is 0 Å². The van der Waals surface area contributed by atoms with Gasteiger partial charge in [-0.1, -0.05) is 11.2 Å². The van der Waals surface area contributed by atoms with Gasteiger partial charge in [0.2, 0.25) is 0 Å². The molecule has 0 atom stereocenters. The fraction of sp³-hybridized carbons (Fsp3) is 0.250. The van der Waals surface area contributed by atoms with E-state index in [0.717, 1.165) is 4.88 Å². The zero-order valence-corrected chi connectivity index (χ0v) is 7.43. The Morgan fingerprint density at radius 3 is 3.17 bits per heavy atom. The SMILES string of the molecule is CCO/N=C(/[C]=O)c1cccs1. The van der Waals surface area contributed by atoms with Gasteiger partial charge in [-0.3, -0.25) is 4.79 Å². The molecule has 0 spiro atoms. The van der Waals surface area contributed by atoms with E-state index < -0.39 is 0 Å². The molecule has 0 bridgehead atoms. The number of hydrogen-bond donors (Lipinski definition) is 0. The maximum atomic E-state index is 10.4. The molecule has 1 aromatic rings. The van der Waals surface area contributed by atoms with Crippen molar-refractivity contribution >= 4 is 23.3 Å². The van der Waals surface area contributed by atoms with Crippen molar-refractivity contribution in [1.29, 1.82) is 0 Å². The summed E-state index contributed by atoms with van der Waals surface area (Å²) in [5.74, 6) is 0. The average molecular weight is 182 g/mol. The van der Waals surface area contributed by atoms with Gasteiger partial charge in [0.25, 0.3) is 6.29 Å². The first kappa shape index (κ1) is 8.93. The molecule has 0 aromatic carbocycles. The predicted molar refractivity (Wildman–Crippen MR) is 48.2 cm³/mol. The van der Waals surface area contributed by atoms with Crippen LogP contribution in [0.3, 0.4) is 0 Å². The summed E-state index contributed by atoms with van der Waals surface area (Å²) in [5.41, 5.74) is 0.229. The van der Waals surface area contributed by atoms with Gasteiger partial charge in [-0.2, -0.15) is 0 Å². The van der Waals surface area contributed by atoms with Gasteiger partial charge < -0.3 is 4.84 Å². The standard InChI is InChI=1S/C8H8NO2S/c1-2-11-9-7(6-10)8-4-3-5-12-8/h3-5H,2H2,1H3/b9-7-. The smallest absolute Gasteiger partial charge is 0.258 e. The number of hydrogen-bond acceptors (Lipinski definition) is 4. The largest absolute Gasteiger partial charge is 0.395 e. The van der Waals surface area contributed by atoms with E-state index in [1.54, 1.807) is 19.3 Å². The van der Waals surface area contributed by atoms with Crippen molar-refractivity contribution in [3.63, 3.8) is 0 Å². The molecule has 3 nitrogen and oxygen atoms in total. The summed E-state index contributed by atoms with van der Waals surface area (Å²) in [5, 5.41) is 5.48. The van der Waals surface area contributed by atoms with Crippen molar-refractivity contribution in [2.45, 2.75) is 6.92 Å². The monoisotopic (exact) mass is 182 g/mol. The van der Waals surface area contributed by atoms with Crippen LogP contribution in [-0.2, 0) is 9.63 Å². The molecule has 0 N–H and O–H groups in total. The van der Waals surface area contributed by atoms with Crippen LogP contribution < -0.4 is 0 Å². The van der Waals surface area contributed by atoms with E-state index >= 15 is 0 Å². The summed E-state index contributed by atoms with van der Waals surface area (Å²) in [4.78, 5) is 15.9. The summed E-state index contributed by atoms with van der Waals surface area (Å²) in [6.45, 7) is 2.26. The fourth-order valence-electron chi connectivity index (χ4n) is 0.656. The van der Waals surface area contributed by atoms with Gasteiger partial charge in [0.15, 0.2) is 5.71 Å². The predicted octanol–water partition coefficient (Wildman–Crippen LogP) is 1.60. The molecule has 1 rings (SSSR count). The quantitative estimate of drug-likeness (QED) is 0.524. The zero-order valence-electron chi connectivity index (χ0n) is 6.61. The van der Waals surface area contributed by atoms with Crippen molar-refractivity contribution in [3.05, 3.63) is 22.4 Å². The van der Waals surface area contributed by atoms with Crippen molar-refractivity contribution < 1.29 is 9.63 Å². The van der Waals surface area contributed by atoms with Crippen molar-refractivity contribution in [2.75, 3.05) is 6.61 Å². The second-order valence-corrected chi connectivity index (χ2v) is 2.88. The fourth-order valence-corrected chi connectivity index (χ4v) is 1.31. The van der Waals surface area contributed by atoms with E-state index in [2.05, 4.69) is 5.16 Å². The van der Waals surface area contributed by atoms with Crippen molar-refractivity contribution in [1.82, 2.24) is 0 Å². The highest BCUT2D eigenvalue weighted by Crippen LogP contribution is 2.08. The van der Waals surface area contributed by atoms with Crippen LogP contribution in [0.5, 0.6) is 0 Å². The minimum absolute atomic E-state index is 0.229. The third-order valence-corrected chi connectivity index (χ3v) is 2.01. The Bertz CT molecular complexity index is 267. The van der Waals surface area contributed by atoms with Gasteiger partial charge in [0.1, 0.15) is 6.61 Å². The molecule has 0 saturated carbocycles.